The highest BCUT2D eigenvalue weighted by molar-refractivity contribution is 6.07. The molecule has 30 heavy (non-hydrogen) atoms. The van der Waals surface area contributed by atoms with Gasteiger partial charge in [0.05, 0.1) is 6.61 Å². The molecule has 1 aromatic rings. The third kappa shape index (κ3) is 3.54. The maximum atomic E-state index is 13.8. The number of benzene rings is 1. The maximum absolute atomic E-state index is 13.8. The maximum Gasteiger partial charge on any atom is 0.327 e. The fourth-order valence-corrected chi connectivity index (χ4v) is 5.56. The van der Waals surface area contributed by atoms with E-state index in [1.54, 1.807) is 12.0 Å². The van der Waals surface area contributed by atoms with E-state index in [0.29, 0.717) is 38.0 Å². The standard InChI is InChI=1S/C24H35N3O3/c1-17(2)15-26-23(29)27(21-13-19-7-5-6-8-20(19)14-21)22(28)24(26)9-11-25(12-10-24)18(3)16-30-4/h5-8,17-18,21H,9-16H2,1-4H3/t18-/m1/s1. The Hall–Kier alpha value is -1.92. The third-order valence-corrected chi connectivity index (χ3v) is 7.17. The van der Waals surface area contributed by atoms with Crippen molar-refractivity contribution in [1.82, 2.24) is 14.7 Å². The van der Waals surface area contributed by atoms with Gasteiger partial charge in [0, 0.05) is 38.8 Å². The van der Waals surface area contributed by atoms with Crippen LogP contribution in [0.15, 0.2) is 24.3 Å². The Morgan fingerprint density at radius 1 is 1.07 bits per heavy atom. The van der Waals surface area contributed by atoms with E-state index in [1.165, 1.54) is 11.1 Å². The van der Waals surface area contributed by atoms with Gasteiger partial charge in [-0.05, 0) is 49.7 Å². The molecule has 0 bridgehead atoms. The van der Waals surface area contributed by atoms with Crippen LogP contribution in [-0.4, -0.2) is 77.6 Å². The Labute approximate surface area is 180 Å². The molecule has 3 aliphatic rings. The second kappa shape index (κ2) is 8.31. The molecule has 6 nitrogen and oxygen atoms in total. The first-order valence-corrected chi connectivity index (χ1v) is 11.3. The van der Waals surface area contributed by atoms with E-state index in [1.807, 2.05) is 17.0 Å². The Kier molecular flexibility index (Phi) is 5.90. The summed E-state index contributed by atoms with van der Waals surface area (Å²) in [6.07, 6.45) is 2.95. The van der Waals surface area contributed by atoms with Crippen LogP contribution >= 0.6 is 0 Å². The highest BCUT2D eigenvalue weighted by Crippen LogP contribution is 2.41. The normalized spacial score (nSPS) is 23.1. The zero-order valence-electron chi connectivity index (χ0n) is 18.8. The Bertz CT molecular complexity index is 776. The van der Waals surface area contributed by atoms with Gasteiger partial charge in [0.2, 0.25) is 0 Å². The SMILES string of the molecule is COC[C@@H](C)N1CCC2(CC1)C(=O)N(C1Cc3ccccc3C1)C(=O)N2CC(C)C. The fourth-order valence-electron chi connectivity index (χ4n) is 5.56. The van der Waals surface area contributed by atoms with Crippen molar-refractivity contribution in [3.63, 3.8) is 0 Å². The number of fused-ring (bicyclic) bond motifs is 1. The lowest BCUT2D eigenvalue weighted by Gasteiger charge is -2.44. The number of piperidine rings is 1. The third-order valence-electron chi connectivity index (χ3n) is 7.17. The molecule has 0 N–H and O–H groups in total. The van der Waals surface area contributed by atoms with E-state index in [9.17, 15) is 9.59 Å². The quantitative estimate of drug-likeness (QED) is 0.673. The van der Waals surface area contributed by atoms with E-state index < -0.39 is 5.54 Å². The van der Waals surface area contributed by atoms with Crippen molar-refractivity contribution in [3.05, 3.63) is 35.4 Å². The van der Waals surface area contributed by atoms with Gasteiger partial charge in [0.15, 0.2) is 0 Å². The molecule has 2 heterocycles. The van der Waals surface area contributed by atoms with Crippen LogP contribution in [0, 0.1) is 5.92 Å². The molecule has 1 atom stereocenters. The van der Waals surface area contributed by atoms with Crippen molar-refractivity contribution in [2.75, 3.05) is 33.4 Å². The molecule has 0 saturated carbocycles. The molecule has 6 heteroatoms. The van der Waals surface area contributed by atoms with Gasteiger partial charge >= 0.3 is 6.03 Å². The number of carbonyl (C=O) groups excluding carboxylic acids is 2. The number of amides is 3. The van der Waals surface area contributed by atoms with E-state index in [0.717, 1.165) is 25.9 Å². The molecule has 3 amide bonds. The van der Waals surface area contributed by atoms with Crippen LogP contribution in [0.3, 0.4) is 0 Å². The first kappa shape index (κ1) is 21.3. The molecular weight excluding hydrogens is 378 g/mol. The zero-order valence-corrected chi connectivity index (χ0v) is 18.8. The Morgan fingerprint density at radius 2 is 1.67 bits per heavy atom. The minimum atomic E-state index is -0.681. The van der Waals surface area contributed by atoms with E-state index >= 15 is 0 Å². The fraction of sp³-hybridized carbons (Fsp3) is 0.667. The van der Waals surface area contributed by atoms with Crippen LogP contribution in [0.25, 0.3) is 0 Å². The van der Waals surface area contributed by atoms with Crippen molar-refractivity contribution in [1.29, 1.82) is 0 Å². The van der Waals surface area contributed by atoms with Crippen molar-refractivity contribution < 1.29 is 14.3 Å². The Morgan fingerprint density at radius 3 is 2.20 bits per heavy atom. The summed E-state index contributed by atoms with van der Waals surface area (Å²) in [7, 11) is 1.73. The Balaban J connectivity index is 1.57. The van der Waals surface area contributed by atoms with Crippen molar-refractivity contribution in [2.45, 2.75) is 64.1 Å². The lowest BCUT2D eigenvalue weighted by molar-refractivity contribution is -0.137. The minimum Gasteiger partial charge on any atom is -0.383 e. The summed E-state index contributed by atoms with van der Waals surface area (Å²) in [5, 5.41) is 0. The monoisotopic (exact) mass is 413 g/mol. The van der Waals surface area contributed by atoms with Gasteiger partial charge < -0.3 is 9.64 Å². The first-order valence-electron chi connectivity index (χ1n) is 11.3. The second-order valence-corrected chi connectivity index (χ2v) is 9.66. The second-order valence-electron chi connectivity index (χ2n) is 9.66. The molecule has 164 valence electrons. The minimum absolute atomic E-state index is 0.0324. The van der Waals surface area contributed by atoms with E-state index in [4.69, 9.17) is 4.74 Å². The number of imide groups is 1. The van der Waals surface area contributed by atoms with Crippen molar-refractivity contribution in [3.8, 4) is 0 Å². The summed E-state index contributed by atoms with van der Waals surface area (Å²) in [6.45, 7) is 9.35. The number of ether oxygens (including phenoxy) is 1. The molecule has 1 aliphatic carbocycles. The number of nitrogens with zero attached hydrogens (tertiary/aromatic N) is 3. The average Bonchev–Trinajstić information content (AvgIpc) is 3.22. The van der Waals surface area contributed by atoms with Crippen molar-refractivity contribution in [2.24, 2.45) is 5.92 Å². The largest absolute Gasteiger partial charge is 0.383 e. The zero-order chi connectivity index (χ0) is 21.5. The van der Waals surface area contributed by atoms with Crippen molar-refractivity contribution >= 4 is 11.9 Å². The molecule has 2 fully saturated rings. The molecule has 1 aromatic carbocycles. The number of likely N-dealkylation sites (tertiary alicyclic amines) is 1. The van der Waals surface area contributed by atoms with E-state index in [2.05, 4.69) is 37.8 Å². The topological polar surface area (TPSA) is 53.1 Å². The number of hydrogen-bond acceptors (Lipinski definition) is 4. The molecule has 1 spiro atoms. The van der Waals surface area contributed by atoms with Gasteiger partial charge in [-0.1, -0.05) is 38.1 Å². The highest BCUT2D eigenvalue weighted by Gasteiger charge is 2.59. The smallest absolute Gasteiger partial charge is 0.327 e. The van der Waals surface area contributed by atoms with E-state index in [-0.39, 0.29) is 18.0 Å². The summed E-state index contributed by atoms with van der Waals surface area (Å²) in [6, 6.07) is 8.51. The summed E-state index contributed by atoms with van der Waals surface area (Å²) in [5.41, 5.74) is 1.85. The number of rotatable bonds is 6. The molecule has 0 radical (unpaired) electrons. The van der Waals surface area contributed by atoms with Crippen LogP contribution in [0.4, 0.5) is 4.79 Å². The summed E-state index contributed by atoms with van der Waals surface area (Å²) >= 11 is 0. The number of urea groups is 1. The summed E-state index contributed by atoms with van der Waals surface area (Å²) in [4.78, 5) is 33.3. The molecule has 2 saturated heterocycles. The van der Waals surface area contributed by atoms with Crippen LogP contribution in [-0.2, 0) is 22.4 Å². The van der Waals surface area contributed by atoms with Crippen LogP contribution in [0.1, 0.15) is 44.7 Å². The van der Waals surface area contributed by atoms with Crippen LogP contribution in [0.5, 0.6) is 0 Å². The first-order chi connectivity index (χ1) is 14.4. The summed E-state index contributed by atoms with van der Waals surface area (Å²) < 4.78 is 5.32. The summed E-state index contributed by atoms with van der Waals surface area (Å²) in [5.74, 6) is 0.356. The highest BCUT2D eigenvalue weighted by atomic mass is 16.5. The van der Waals surface area contributed by atoms with Gasteiger partial charge in [-0.25, -0.2) is 4.79 Å². The van der Waals surface area contributed by atoms with Gasteiger partial charge in [-0.15, -0.1) is 0 Å². The van der Waals surface area contributed by atoms with Crippen LogP contribution in [0.2, 0.25) is 0 Å². The van der Waals surface area contributed by atoms with Gasteiger partial charge in [0.25, 0.3) is 5.91 Å². The average molecular weight is 414 g/mol. The number of methoxy groups -OCH3 is 1. The molecule has 4 rings (SSSR count). The predicted octanol–water partition coefficient (Wildman–Crippen LogP) is 2.94. The lowest BCUT2D eigenvalue weighted by Crippen LogP contribution is -2.58. The van der Waals surface area contributed by atoms with Gasteiger partial charge in [-0.3, -0.25) is 14.6 Å². The molecular formula is C24H35N3O3. The molecule has 2 aliphatic heterocycles. The predicted molar refractivity (Wildman–Crippen MR) is 116 cm³/mol. The number of carbonyl (C=O) groups is 2. The lowest BCUT2D eigenvalue weighted by atomic mass is 9.84. The van der Waals surface area contributed by atoms with Crippen LogP contribution < -0.4 is 0 Å². The van der Waals surface area contributed by atoms with Gasteiger partial charge in [0.1, 0.15) is 5.54 Å². The van der Waals surface area contributed by atoms with Gasteiger partial charge in [-0.2, -0.15) is 0 Å². The number of hydrogen-bond donors (Lipinski definition) is 0. The molecule has 0 aromatic heterocycles. The molecule has 0 unspecified atom stereocenters.